The van der Waals surface area contributed by atoms with Gasteiger partial charge in [-0.1, -0.05) is 23.7 Å². The van der Waals surface area contributed by atoms with E-state index < -0.39 is 40.9 Å². The van der Waals surface area contributed by atoms with Gasteiger partial charge in [0.05, 0.1) is 16.6 Å². The van der Waals surface area contributed by atoms with Crippen LogP contribution in [0, 0.1) is 0 Å². The highest BCUT2D eigenvalue weighted by atomic mass is 35.5. The largest absolute Gasteiger partial charge is 0.417 e. The van der Waals surface area contributed by atoms with E-state index in [-0.39, 0.29) is 0 Å². The van der Waals surface area contributed by atoms with Crippen molar-refractivity contribution in [3.05, 3.63) is 34.3 Å². The topological polar surface area (TPSA) is 46.2 Å². The second-order valence-corrected chi connectivity index (χ2v) is 3.98. The molecule has 0 aliphatic carbocycles. The Balaban J connectivity index is 3.28. The molecule has 18 heavy (non-hydrogen) atoms. The summed E-state index contributed by atoms with van der Waals surface area (Å²) in [6.45, 7) is -1.58. The Morgan fingerprint density at radius 1 is 1.22 bits per heavy atom. The molecule has 0 unspecified atom stereocenters. The van der Waals surface area contributed by atoms with E-state index in [1.165, 1.54) is 0 Å². The number of benzene rings is 1. The minimum Gasteiger partial charge on any atom is -0.390 e. The first-order valence-electron chi connectivity index (χ1n) is 4.71. The van der Waals surface area contributed by atoms with Gasteiger partial charge in [0, 0.05) is 0 Å². The molecule has 2 nitrogen and oxygen atoms in total. The Bertz CT molecular complexity index is 435. The zero-order valence-corrected chi connectivity index (χ0v) is 9.56. The predicted octanol–water partition coefficient (Wildman–Crippen LogP) is 2.99. The van der Waals surface area contributed by atoms with Crippen LogP contribution >= 0.6 is 11.6 Å². The summed E-state index contributed by atoms with van der Waals surface area (Å²) in [5, 5.41) is 7.57. The fourth-order valence-corrected chi connectivity index (χ4v) is 1.69. The third-order valence-corrected chi connectivity index (χ3v) is 2.76. The van der Waals surface area contributed by atoms with Crippen LogP contribution in [0.1, 0.15) is 17.2 Å². The Morgan fingerprint density at radius 2 is 1.78 bits per heavy atom. The summed E-state index contributed by atoms with van der Waals surface area (Å²) >= 11 is 5.44. The lowest BCUT2D eigenvalue weighted by Gasteiger charge is -2.23. The van der Waals surface area contributed by atoms with Crippen LogP contribution in [0.2, 0.25) is 5.02 Å². The molecule has 0 fully saturated rings. The fourth-order valence-electron chi connectivity index (χ4n) is 1.33. The number of halogens is 6. The van der Waals surface area contributed by atoms with Crippen LogP contribution in [-0.4, -0.2) is 17.6 Å². The molecule has 0 amide bonds. The van der Waals surface area contributed by atoms with Gasteiger partial charge in [0.2, 0.25) is 0 Å². The minimum atomic E-state index is -4.76. The lowest BCUT2D eigenvalue weighted by atomic mass is 9.99. The summed E-state index contributed by atoms with van der Waals surface area (Å²) in [5.41, 5.74) is 3.33. The Hall–Kier alpha value is -0.920. The number of aliphatic hydroxyl groups is 1. The van der Waals surface area contributed by atoms with E-state index in [9.17, 15) is 22.0 Å². The molecular weight excluding hydrogens is 281 g/mol. The van der Waals surface area contributed by atoms with Gasteiger partial charge in [0.15, 0.2) is 0 Å². The van der Waals surface area contributed by atoms with E-state index in [2.05, 4.69) is 0 Å². The van der Waals surface area contributed by atoms with Crippen molar-refractivity contribution in [2.24, 2.45) is 5.73 Å². The van der Waals surface area contributed by atoms with Gasteiger partial charge in [-0.3, -0.25) is 0 Å². The third-order valence-electron chi connectivity index (χ3n) is 2.33. The summed E-state index contributed by atoms with van der Waals surface area (Å²) in [4.78, 5) is 0. The van der Waals surface area contributed by atoms with E-state index in [1.807, 2.05) is 0 Å². The van der Waals surface area contributed by atoms with Crippen LogP contribution in [0.5, 0.6) is 0 Å². The predicted molar refractivity (Wildman–Crippen MR) is 55.4 cm³/mol. The van der Waals surface area contributed by atoms with Crippen molar-refractivity contribution in [1.29, 1.82) is 0 Å². The molecule has 0 saturated heterocycles. The van der Waals surface area contributed by atoms with Gasteiger partial charge in [-0.25, -0.2) is 8.78 Å². The first-order valence-corrected chi connectivity index (χ1v) is 5.09. The third kappa shape index (κ3) is 2.90. The van der Waals surface area contributed by atoms with Crippen molar-refractivity contribution in [2.75, 3.05) is 6.61 Å². The molecule has 0 aliphatic rings. The molecule has 0 bridgehead atoms. The highest BCUT2D eigenvalue weighted by Crippen LogP contribution is 2.40. The highest BCUT2D eigenvalue weighted by molar-refractivity contribution is 6.32. The molecule has 1 rings (SSSR count). The molecule has 8 heteroatoms. The fraction of sp³-hybridized carbons (Fsp3) is 0.400. The van der Waals surface area contributed by atoms with Crippen LogP contribution in [0.3, 0.4) is 0 Å². The van der Waals surface area contributed by atoms with Gasteiger partial charge in [-0.15, -0.1) is 0 Å². The number of nitrogens with two attached hydrogens (primary N) is 1. The monoisotopic (exact) mass is 289 g/mol. The summed E-state index contributed by atoms with van der Waals surface area (Å²) < 4.78 is 63.8. The molecule has 0 aromatic heterocycles. The molecule has 102 valence electrons. The Kier molecular flexibility index (Phi) is 4.19. The van der Waals surface area contributed by atoms with Gasteiger partial charge >= 0.3 is 6.18 Å². The summed E-state index contributed by atoms with van der Waals surface area (Å²) in [6.07, 6.45) is -4.76. The van der Waals surface area contributed by atoms with E-state index in [1.54, 1.807) is 0 Å². The maximum Gasteiger partial charge on any atom is 0.417 e. The first-order chi connectivity index (χ1) is 8.11. The first kappa shape index (κ1) is 15.1. The van der Waals surface area contributed by atoms with Crippen LogP contribution in [0.15, 0.2) is 18.2 Å². The van der Waals surface area contributed by atoms with Gasteiger partial charge < -0.3 is 10.8 Å². The average Bonchev–Trinajstić information content (AvgIpc) is 2.27. The molecule has 0 saturated carbocycles. The van der Waals surface area contributed by atoms with Crippen LogP contribution in [0.4, 0.5) is 22.0 Å². The van der Waals surface area contributed by atoms with Crippen LogP contribution in [0.25, 0.3) is 0 Å². The number of alkyl halides is 5. The highest BCUT2D eigenvalue weighted by Gasteiger charge is 2.41. The van der Waals surface area contributed by atoms with Crippen molar-refractivity contribution in [2.45, 2.75) is 18.1 Å². The average molecular weight is 290 g/mol. The maximum atomic E-state index is 13.1. The smallest absolute Gasteiger partial charge is 0.390 e. The molecule has 0 spiro atoms. The lowest BCUT2D eigenvalue weighted by Crippen LogP contribution is -2.36. The second-order valence-electron chi connectivity index (χ2n) is 3.60. The molecule has 1 atom stereocenters. The van der Waals surface area contributed by atoms with Crippen LogP contribution in [-0.2, 0) is 6.18 Å². The molecule has 0 radical (unpaired) electrons. The second kappa shape index (κ2) is 4.99. The lowest BCUT2D eigenvalue weighted by molar-refractivity contribution is -0.137. The number of hydrogen-bond donors (Lipinski definition) is 2. The van der Waals surface area contributed by atoms with Crippen LogP contribution < -0.4 is 5.73 Å². The summed E-state index contributed by atoms with van der Waals surface area (Å²) in [6, 6.07) is 0.441. The number of hydrogen-bond acceptors (Lipinski definition) is 2. The Morgan fingerprint density at radius 3 is 2.22 bits per heavy atom. The zero-order valence-electron chi connectivity index (χ0n) is 8.81. The molecule has 0 aliphatic heterocycles. The van der Waals surface area contributed by atoms with Crippen molar-refractivity contribution in [1.82, 2.24) is 0 Å². The molecule has 0 heterocycles. The molecule has 3 N–H and O–H groups in total. The quantitative estimate of drug-likeness (QED) is 0.840. The normalized spacial score (nSPS) is 14.7. The SMILES string of the molecule is N[C@@H](c1cccc(C(F)(F)F)c1Cl)C(F)(F)CO. The van der Waals surface area contributed by atoms with E-state index in [4.69, 9.17) is 22.4 Å². The van der Waals surface area contributed by atoms with E-state index in [0.29, 0.717) is 6.07 Å². The zero-order chi connectivity index (χ0) is 14.1. The Labute approximate surface area is 104 Å². The van der Waals surface area contributed by atoms with Gasteiger partial charge in [-0.2, -0.15) is 13.2 Å². The van der Waals surface area contributed by atoms with Crippen molar-refractivity contribution < 1.29 is 27.1 Å². The number of aliphatic hydroxyl groups excluding tert-OH is 1. The summed E-state index contributed by atoms with van der Waals surface area (Å²) in [7, 11) is 0. The summed E-state index contributed by atoms with van der Waals surface area (Å²) in [5.74, 6) is -3.76. The van der Waals surface area contributed by atoms with E-state index >= 15 is 0 Å². The van der Waals surface area contributed by atoms with Gasteiger partial charge in [0.1, 0.15) is 6.61 Å². The van der Waals surface area contributed by atoms with Crippen molar-refractivity contribution >= 4 is 11.6 Å². The molecular formula is C10H9ClF5NO. The minimum absolute atomic E-state index is 0.564. The van der Waals surface area contributed by atoms with E-state index in [0.717, 1.165) is 12.1 Å². The number of rotatable bonds is 3. The van der Waals surface area contributed by atoms with Gasteiger partial charge in [-0.05, 0) is 11.6 Å². The molecule has 1 aromatic rings. The standard InChI is InChI=1S/C10H9ClF5NO/c11-7-5(8(17)9(12,13)4-18)2-1-3-6(7)10(14,15)16/h1-3,8,18H,4,17H2/t8-/m0/s1. The maximum absolute atomic E-state index is 13.1. The van der Waals surface area contributed by atoms with Crippen molar-refractivity contribution in [3.63, 3.8) is 0 Å². The van der Waals surface area contributed by atoms with Gasteiger partial charge in [0.25, 0.3) is 5.92 Å². The van der Waals surface area contributed by atoms with Crippen molar-refractivity contribution in [3.8, 4) is 0 Å². The molecule has 1 aromatic carbocycles.